The molecule has 1 fully saturated rings. The monoisotopic (exact) mass is 263 g/mol. The molecule has 0 aromatic carbocycles. The molecule has 19 heavy (non-hydrogen) atoms. The first-order valence-corrected chi connectivity index (χ1v) is 6.80. The van der Waals surface area contributed by atoms with Crippen molar-refractivity contribution < 1.29 is 4.79 Å². The fraction of sp³-hybridized carbons (Fsp3) is 0.571. The average molecular weight is 263 g/mol. The first kappa shape index (κ1) is 13.8. The van der Waals surface area contributed by atoms with E-state index in [1.807, 2.05) is 0 Å². The van der Waals surface area contributed by atoms with Gasteiger partial charge in [0.1, 0.15) is 5.56 Å². The lowest BCUT2D eigenvalue weighted by atomic mass is 9.94. The van der Waals surface area contributed by atoms with Crippen molar-refractivity contribution in [1.82, 2.24) is 15.2 Å². The summed E-state index contributed by atoms with van der Waals surface area (Å²) >= 11 is 0. The van der Waals surface area contributed by atoms with E-state index in [2.05, 4.69) is 22.2 Å². The van der Waals surface area contributed by atoms with E-state index < -0.39 is 0 Å². The molecule has 1 amide bonds. The number of nitrogens with zero attached hydrogens (tertiary/aromatic N) is 1. The van der Waals surface area contributed by atoms with Gasteiger partial charge in [0.25, 0.3) is 5.91 Å². The first-order valence-electron chi connectivity index (χ1n) is 6.80. The number of aromatic amines is 1. The van der Waals surface area contributed by atoms with Crippen LogP contribution >= 0.6 is 0 Å². The fourth-order valence-corrected chi connectivity index (χ4v) is 2.43. The van der Waals surface area contributed by atoms with Crippen LogP contribution < -0.4 is 10.7 Å². The number of amides is 1. The predicted molar refractivity (Wildman–Crippen MR) is 74.2 cm³/mol. The Hall–Kier alpha value is -1.62. The molecule has 1 aliphatic rings. The highest BCUT2D eigenvalue weighted by Crippen LogP contribution is 2.18. The molecule has 1 aliphatic heterocycles. The Morgan fingerprint density at radius 1 is 1.47 bits per heavy atom. The summed E-state index contributed by atoms with van der Waals surface area (Å²) in [4.78, 5) is 28.4. The van der Waals surface area contributed by atoms with E-state index in [1.54, 1.807) is 0 Å². The average Bonchev–Trinajstić information content (AvgIpc) is 2.41. The number of hydrogen-bond donors (Lipinski definition) is 2. The van der Waals surface area contributed by atoms with Crippen LogP contribution in [0.3, 0.4) is 0 Å². The van der Waals surface area contributed by atoms with Gasteiger partial charge in [0.2, 0.25) is 0 Å². The molecule has 104 valence electrons. The van der Waals surface area contributed by atoms with Gasteiger partial charge in [0.05, 0.1) is 0 Å². The third-order valence-electron chi connectivity index (χ3n) is 3.74. The number of aromatic nitrogens is 1. The van der Waals surface area contributed by atoms with E-state index in [0.717, 1.165) is 19.5 Å². The molecule has 0 unspecified atom stereocenters. The van der Waals surface area contributed by atoms with Gasteiger partial charge in [-0.2, -0.15) is 0 Å². The second kappa shape index (κ2) is 6.52. The fourth-order valence-electron chi connectivity index (χ4n) is 2.43. The van der Waals surface area contributed by atoms with Crippen molar-refractivity contribution in [2.75, 3.05) is 26.7 Å². The topological polar surface area (TPSA) is 65.2 Å². The lowest BCUT2D eigenvalue weighted by Crippen LogP contribution is -2.33. The summed E-state index contributed by atoms with van der Waals surface area (Å²) in [5, 5.41) is 2.83. The molecule has 5 nitrogen and oxygen atoms in total. The van der Waals surface area contributed by atoms with Crippen LogP contribution in [0.25, 0.3) is 0 Å². The Labute approximate surface area is 113 Å². The number of likely N-dealkylation sites (tertiary alicyclic amines) is 1. The van der Waals surface area contributed by atoms with E-state index in [9.17, 15) is 9.59 Å². The molecule has 0 radical (unpaired) electrons. The van der Waals surface area contributed by atoms with Crippen molar-refractivity contribution in [1.29, 1.82) is 0 Å². The SMILES string of the molecule is CN1CCC(CCNC(=O)c2c[nH]ccc2=O)CC1. The Kier molecular flexibility index (Phi) is 4.74. The number of H-pyrrole nitrogens is 1. The smallest absolute Gasteiger partial charge is 0.256 e. The van der Waals surface area contributed by atoms with Gasteiger partial charge >= 0.3 is 0 Å². The first-order chi connectivity index (χ1) is 9.16. The number of pyridine rings is 1. The van der Waals surface area contributed by atoms with Crippen LogP contribution in [0.5, 0.6) is 0 Å². The molecular formula is C14H21N3O2. The zero-order chi connectivity index (χ0) is 13.7. The predicted octanol–water partition coefficient (Wildman–Crippen LogP) is 0.837. The van der Waals surface area contributed by atoms with E-state index in [4.69, 9.17) is 0 Å². The molecule has 2 N–H and O–H groups in total. The summed E-state index contributed by atoms with van der Waals surface area (Å²) in [6.45, 7) is 2.91. The third-order valence-corrected chi connectivity index (χ3v) is 3.74. The third kappa shape index (κ3) is 3.92. The zero-order valence-electron chi connectivity index (χ0n) is 11.3. The van der Waals surface area contributed by atoms with Crippen LogP contribution in [0.1, 0.15) is 29.6 Å². The van der Waals surface area contributed by atoms with Gasteiger partial charge in [-0.1, -0.05) is 0 Å². The molecule has 0 atom stereocenters. The summed E-state index contributed by atoms with van der Waals surface area (Å²) in [7, 11) is 2.14. The summed E-state index contributed by atoms with van der Waals surface area (Å²) in [6.07, 6.45) is 6.35. The Balaban J connectivity index is 1.75. The van der Waals surface area contributed by atoms with Crippen molar-refractivity contribution in [3.05, 3.63) is 34.2 Å². The quantitative estimate of drug-likeness (QED) is 0.846. The van der Waals surface area contributed by atoms with Gasteiger partial charge in [-0.3, -0.25) is 9.59 Å². The van der Waals surface area contributed by atoms with Crippen molar-refractivity contribution in [3.63, 3.8) is 0 Å². The van der Waals surface area contributed by atoms with Gasteiger partial charge in [0.15, 0.2) is 5.43 Å². The van der Waals surface area contributed by atoms with E-state index >= 15 is 0 Å². The van der Waals surface area contributed by atoms with Crippen molar-refractivity contribution >= 4 is 5.91 Å². The maximum absolute atomic E-state index is 11.8. The Morgan fingerprint density at radius 2 is 2.21 bits per heavy atom. The standard InChI is InChI=1S/C14H21N3O2/c1-17-8-4-11(5-9-17)2-7-16-14(19)12-10-15-6-3-13(12)18/h3,6,10-11H,2,4-5,7-9H2,1H3,(H,15,18)(H,16,19). The highest BCUT2D eigenvalue weighted by molar-refractivity contribution is 5.93. The minimum Gasteiger partial charge on any atom is -0.367 e. The molecular weight excluding hydrogens is 242 g/mol. The van der Waals surface area contributed by atoms with Crippen LogP contribution in [0.15, 0.2) is 23.3 Å². The molecule has 0 aliphatic carbocycles. The number of piperidine rings is 1. The number of nitrogens with one attached hydrogen (secondary N) is 2. The normalized spacial score (nSPS) is 17.3. The van der Waals surface area contributed by atoms with E-state index in [-0.39, 0.29) is 16.9 Å². The number of carbonyl (C=O) groups is 1. The van der Waals surface area contributed by atoms with Gasteiger partial charge in [0, 0.05) is 25.0 Å². The van der Waals surface area contributed by atoms with Gasteiger partial charge in [-0.05, 0) is 45.3 Å². The summed E-state index contributed by atoms with van der Waals surface area (Å²) < 4.78 is 0. The highest BCUT2D eigenvalue weighted by atomic mass is 16.2. The minimum atomic E-state index is -0.283. The number of rotatable bonds is 4. The molecule has 1 aromatic heterocycles. The number of hydrogen-bond acceptors (Lipinski definition) is 3. The van der Waals surface area contributed by atoms with Gasteiger partial charge < -0.3 is 15.2 Å². The van der Waals surface area contributed by atoms with Crippen molar-refractivity contribution in [2.24, 2.45) is 5.92 Å². The van der Waals surface area contributed by atoms with E-state index in [1.165, 1.54) is 31.3 Å². The summed E-state index contributed by atoms with van der Waals surface area (Å²) in [5.74, 6) is 0.403. The molecule has 2 rings (SSSR count). The van der Waals surface area contributed by atoms with Gasteiger partial charge in [-0.25, -0.2) is 0 Å². The maximum atomic E-state index is 11.8. The molecule has 0 bridgehead atoms. The number of carbonyl (C=O) groups excluding carboxylic acids is 1. The van der Waals surface area contributed by atoms with Crippen LogP contribution in [-0.4, -0.2) is 42.5 Å². The Morgan fingerprint density at radius 3 is 2.89 bits per heavy atom. The molecule has 0 spiro atoms. The zero-order valence-corrected chi connectivity index (χ0v) is 11.3. The van der Waals surface area contributed by atoms with Crippen LogP contribution in [0, 0.1) is 5.92 Å². The minimum absolute atomic E-state index is 0.186. The largest absolute Gasteiger partial charge is 0.367 e. The molecule has 2 heterocycles. The highest BCUT2D eigenvalue weighted by Gasteiger charge is 2.16. The van der Waals surface area contributed by atoms with Crippen LogP contribution in [0.2, 0.25) is 0 Å². The molecule has 5 heteroatoms. The van der Waals surface area contributed by atoms with Crippen LogP contribution in [0.4, 0.5) is 0 Å². The van der Waals surface area contributed by atoms with Crippen LogP contribution in [-0.2, 0) is 0 Å². The second-order valence-corrected chi connectivity index (χ2v) is 5.21. The van der Waals surface area contributed by atoms with E-state index in [0.29, 0.717) is 12.5 Å². The molecule has 1 aromatic rings. The second-order valence-electron chi connectivity index (χ2n) is 5.21. The van der Waals surface area contributed by atoms with Crippen molar-refractivity contribution in [2.45, 2.75) is 19.3 Å². The van der Waals surface area contributed by atoms with Gasteiger partial charge in [-0.15, -0.1) is 0 Å². The Bertz CT molecular complexity index is 476. The molecule has 1 saturated heterocycles. The maximum Gasteiger partial charge on any atom is 0.256 e. The summed E-state index contributed by atoms with van der Waals surface area (Å²) in [6, 6.07) is 1.37. The summed E-state index contributed by atoms with van der Waals surface area (Å²) in [5.41, 5.74) is -0.0542. The lowest BCUT2D eigenvalue weighted by Gasteiger charge is -2.28. The molecule has 0 saturated carbocycles. The van der Waals surface area contributed by atoms with Crippen molar-refractivity contribution in [3.8, 4) is 0 Å². The lowest BCUT2D eigenvalue weighted by molar-refractivity contribution is 0.0947.